The van der Waals surface area contributed by atoms with Crippen LogP contribution in [0.2, 0.25) is 0 Å². The monoisotopic (exact) mass is 455 g/mol. The molecule has 0 radical (unpaired) electrons. The fourth-order valence-electron chi connectivity index (χ4n) is 4.77. The highest BCUT2D eigenvalue weighted by atomic mass is 19.3. The van der Waals surface area contributed by atoms with E-state index in [9.17, 15) is 13.6 Å². The highest BCUT2D eigenvalue weighted by molar-refractivity contribution is 5.78. The zero-order chi connectivity index (χ0) is 23.6. The first kappa shape index (κ1) is 23.3. The number of hydrogen-bond acceptors (Lipinski definition) is 4. The fourth-order valence-corrected chi connectivity index (χ4v) is 4.77. The van der Waals surface area contributed by atoms with Gasteiger partial charge in [-0.1, -0.05) is 6.07 Å². The Morgan fingerprint density at radius 1 is 1.24 bits per heavy atom. The molecule has 33 heavy (non-hydrogen) atoms. The number of aromatic nitrogens is 3. The lowest BCUT2D eigenvalue weighted by atomic mass is 9.77. The standard InChI is InChI=1S/C25H31F2N5O/c1-24(26,27)25(8-9-25)21(18-6-10-28-11-7-18)14-23(33)29-16-20(32(2)3)13-17-4-5-22-19(12-17)15-30-31-22/h4-7,10-12,15,20-21H,8-9,13-14,16H2,1-3H3,(H,29,33)(H,30,31)/t20-,21-/m0/s1. The number of alkyl halides is 2. The van der Waals surface area contributed by atoms with Crippen LogP contribution in [0, 0.1) is 5.41 Å². The van der Waals surface area contributed by atoms with Gasteiger partial charge in [0.2, 0.25) is 5.91 Å². The van der Waals surface area contributed by atoms with E-state index < -0.39 is 17.3 Å². The van der Waals surface area contributed by atoms with Gasteiger partial charge in [-0.2, -0.15) is 5.10 Å². The molecule has 1 aromatic carbocycles. The number of amides is 1. The van der Waals surface area contributed by atoms with Gasteiger partial charge in [-0.25, -0.2) is 8.78 Å². The largest absolute Gasteiger partial charge is 0.355 e. The Bertz CT molecular complexity index is 1090. The number of carbonyl (C=O) groups excluding carboxylic acids is 1. The van der Waals surface area contributed by atoms with E-state index in [2.05, 4.69) is 37.5 Å². The third-order valence-electron chi connectivity index (χ3n) is 7.07. The van der Waals surface area contributed by atoms with Crippen LogP contribution in [-0.4, -0.2) is 58.6 Å². The van der Waals surface area contributed by atoms with E-state index in [1.54, 1.807) is 30.7 Å². The van der Waals surface area contributed by atoms with Gasteiger partial charge in [0.15, 0.2) is 0 Å². The summed E-state index contributed by atoms with van der Waals surface area (Å²) in [5.41, 5.74) is 1.72. The fraction of sp³-hybridized carbons (Fsp3) is 0.480. The smallest absolute Gasteiger partial charge is 0.251 e. The van der Waals surface area contributed by atoms with Gasteiger partial charge in [0.25, 0.3) is 5.92 Å². The Hall–Kier alpha value is -2.87. The number of nitrogens with one attached hydrogen (secondary N) is 2. The zero-order valence-corrected chi connectivity index (χ0v) is 19.3. The number of likely N-dealkylation sites (N-methyl/N-ethyl adjacent to an activating group) is 1. The Kier molecular flexibility index (Phi) is 6.47. The Balaban J connectivity index is 1.43. The second-order valence-electron chi connectivity index (χ2n) is 9.50. The molecule has 4 rings (SSSR count). The topological polar surface area (TPSA) is 73.9 Å². The van der Waals surface area contributed by atoms with Crippen molar-refractivity contribution in [3.8, 4) is 0 Å². The van der Waals surface area contributed by atoms with Crippen molar-refractivity contribution in [2.24, 2.45) is 5.41 Å². The second kappa shape index (κ2) is 9.17. The molecule has 0 unspecified atom stereocenters. The number of halogens is 2. The van der Waals surface area contributed by atoms with Crippen molar-refractivity contribution in [2.45, 2.75) is 50.5 Å². The van der Waals surface area contributed by atoms with Crippen molar-refractivity contribution in [3.05, 3.63) is 60.0 Å². The molecule has 1 fully saturated rings. The van der Waals surface area contributed by atoms with Crippen LogP contribution in [0.3, 0.4) is 0 Å². The maximum atomic E-state index is 14.5. The summed E-state index contributed by atoms with van der Waals surface area (Å²) in [6.07, 6.45) is 6.63. The number of benzene rings is 1. The van der Waals surface area contributed by atoms with Crippen LogP contribution in [0.5, 0.6) is 0 Å². The highest BCUT2D eigenvalue weighted by Crippen LogP contribution is 2.65. The van der Waals surface area contributed by atoms with E-state index >= 15 is 0 Å². The molecular weight excluding hydrogens is 424 g/mol. The second-order valence-corrected chi connectivity index (χ2v) is 9.50. The van der Waals surface area contributed by atoms with Gasteiger partial charge in [0, 0.05) is 48.1 Å². The van der Waals surface area contributed by atoms with Crippen molar-refractivity contribution in [1.82, 2.24) is 25.4 Å². The maximum absolute atomic E-state index is 14.5. The number of nitrogens with zero attached hydrogens (tertiary/aromatic N) is 3. The molecule has 1 saturated carbocycles. The van der Waals surface area contributed by atoms with Crippen LogP contribution in [0.15, 0.2) is 48.9 Å². The molecule has 1 amide bonds. The van der Waals surface area contributed by atoms with E-state index in [1.165, 1.54) is 0 Å². The number of fused-ring (bicyclic) bond motifs is 1. The van der Waals surface area contributed by atoms with Crippen molar-refractivity contribution >= 4 is 16.8 Å². The van der Waals surface area contributed by atoms with E-state index in [4.69, 9.17) is 0 Å². The molecule has 2 atom stereocenters. The lowest BCUT2D eigenvalue weighted by Gasteiger charge is -2.32. The average Bonchev–Trinajstić information content (AvgIpc) is 3.47. The Morgan fingerprint density at radius 2 is 1.97 bits per heavy atom. The third-order valence-corrected chi connectivity index (χ3v) is 7.07. The Morgan fingerprint density at radius 3 is 2.61 bits per heavy atom. The minimum absolute atomic E-state index is 0.0363. The minimum atomic E-state index is -2.85. The first-order valence-corrected chi connectivity index (χ1v) is 11.3. The summed E-state index contributed by atoms with van der Waals surface area (Å²) in [6.45, 7) is 1.42. The summed E-state index contributed by atoms with van der Waals surface area (Å²) in [5, 5.41) is 11.1. The molecule has 0 spiro atoms. The van der Waals surface area contributed by atoms with Crippen LogP contribution in [0.4, 0.5) is 8.78 Å². The molecular formula is C25H31F2N5O. The molecule has 3 aromatic rings. The highest BCUT2D eigenvalue weighted by Gasteiger charge is 2.63. The number of carbonyl (C=O) groups is 1. The summed E-state index contributed by atoms with van der Waals surface area (Å²) < 4.78 is 29.1. The first-order chi connectivity index (χ1) is 15.7. The summed E-state index contributed by atoms with van der Waals surface area (Å²) in [7, 11) is 3.95. The number of aromatic amines is 1. The van der Waals surface area contributed by atoms with E-state index in [0.29, 0.717) is 19.4 Å². The van der Waals surface area contributed by atoms with Gasteiger partial charge in [-0.3, -0.25) is 14.9 Å². The molecule has 1 aliphatic carbocycles. The van der Waals surface area contributed by atoms with Gasteiger partial charge < -0.3 is 10.2 Å². The lowest BCUT2D eigenvalue weighted by Crippen LogP contribution is -2.43. The van der Waals surface area contributed by atoms with Gasteiger partial charge in [-0.05, 0) is 75.7 Å². The predicted molar refractivity (Wildman–Crippen MR) is 124 cm³/mol. The maximum Gasteiger partial charge on any atom is 0.251 e. The molecule has 6 nitrogen and oxygen atoms in total. The number of hydrogen-bond donors (Lipinski definition) is 2. The van der Waals surface area contributed by atoms with Crippen LogP contribution < -0.4 is 5.32 Å². The lowest BCUT2D eigenvalue weighted by molar-refractivity contribution is -0.123. The van der Waals surface area contributed by atoms with Crippen LogP contribution >= 0.6 is 0 Å². The summed E-state index contributed by atoms with van der Waals surface area (Å²) in [5.74, 6) is -3.59. The molecule has 2 heterocycles. The van der Waals surface area contributed by atoms with Crippen molar-refractivity contribution < 1.29 is 13.6 Å². The normalized spacial score (nSPS) is 17.2. The van der Waals surface area contributed by atoms with Gasteiger partial charge in [0.1, 0.15) is 0 Å². The number of rotatable bonds is 10. The zero-order valence-electron chi connectivity index (χ0n) is 19.3. The number of H-pyrrole nitrogens is 1. The minimum Gasteiger partial charge on any atom is -0.355 e. The average molecular weight is 456 g/mol. The summed E-state index contributed by atoms with van der Waals surface area (Å²) in [6, 6.07) is 9.72. The van der Waals surface area contributed by atoms with Crippen molar-refractivity contribution in [3.63, 3.8) is 0 Å². The molecule has 2 N–H and O–H groups in total. The first-order valence-electron chi connectivity index (χ1n) is 11.3. The summed E-state index contributed by atoms with van der Waals surface area (Å²) in [4.78, 5) is 19.0. The molecule has 0 aliphatic heterocycles. The Labute approximate surface area is 192 Å². The molecule has 0 saturated heterocycles. The molecule has 8 heteroatoms. The molecule has 0 bridgehead atoms. The summed E-state index contributed by atoms with van der Waals surface area (Å²) >= 11 is 0. The van der Waals surface area contributed by atoms with E-state index in [-0.39, 0.29) is 18.4 Å². The molecule has 2 aromatic heterocycles. The third kappa shape index (κ3) is 5.05. The SMILES string of the molecule is CN(C)[C@H](CNC(=O)C[C@@H](c1ccncc1)C1(C(C)(F)F)CC1)Cc1ccc2[nH]ncc2c1. The van der Waals surface area contributed by atoms with Gasteiger partial charge in [-0.15, -0.1) is 0 Å². The van der Waals surface area contributed by atoms with Crippen molar-refractivity contribution in [2.75, 3.05) is 20.6 Å². The molecule has 1 aliphatic rings. The van der Waals surface area contributed by atoms with Gasteiger partial charge in [0.05, 0.1) is 11.7 Å². The predicted octanol–water partition coefficient (Wildman–Crippen LogP) is 4.16. The van der Waals surface area contributed by atoms with Crippen molar-refractivity contribution in [1.29, 1.82) is 0 Å². The quantitative estimate of drug-likeness (QED) is 0.482. The van der Waals surface area contributed by atoms with E-state index in [1.807, 2.05) is 20.2 Å². The van der Waals surface area contributed by atoms with Crippen LogP contribution in [-0.2, 0) is 11.2 Å². The number of pyridine rings is 1. The molecule has 176 valence electrons. The van der Waals surface area contributed by atoms with Crippen LogP contribution in [0.25, 0.3) is 10.9 Å². The van der Waals surface area contributed by atoms with E-state index in [0.717, 1.165) is 35.4 Å². The van der Waals surface area contributed by atoms with Crippen LogP contribution in [0.1, 0.15) is 43.2 Å². The van der Waals surface area contributed by atoms with Gasteiger partial charge >= 0.3 is 0 Å².